The zero-order valence-corrected chi connectivity index (χ0v) is 11.0. The summed E-state index contributed by atoms with van der Waals surface area (Å²) in [5.41, 5.74) is 6.93. The van der Waals surface area contributed by atoms with Crippen LogP contribution >= 0.6 is 0 Å². The number of rotatable bonds is 5. The fraction of sp³-hybridized carbons (Fsp3) is 0.571. The second-order valence-corrected chi connectivity index (χ2v) is 4.64. The summed E-state index contributed by atoms with van der Waals surface area (Å²) in [6.45, 7) is 3.36. The third-order valence-electron chi connectivity index (χ3n) is 3.16. The first kappa shape index (κ1) is 13.2. The molecule has 2 rings (SSSR count). The topological polar surface area (TPSA) is 53.7 Å². The molecule has 1 fully saturated rings. The zero-order valence-electron chi connectivity index (χ0n) is 11.0. The minimum atomic E-state index is -0.0598. The van der Waals surface area contributed by atoms with Gasteiger partial charge in [0, 0.05) is 24.3 Å². The third kappa shape index (κ3) is 3.15. The lowest BCUT2D eigenvalue weighted by atomic mass is 10.1. The number of nitrogens with two attached hydrogens (primary N) is 1. The molecule has 0 aromatic heterocycles. The van der Waals surface area contributed by atoms with E-state index >= 15 is 0 Å². The van der Waals surface area contributed by atoms with E-state index in [1.807, 2.05) is 25.1 Å². The Morgan fingerprint density at radius 3 is 2.94 bits per heavy atom. The van der Waals surface area contributed by atoms with E-state index in [4.69, 9.17) is 19.9 Å². The highest BCUT2D eigenvalue weighted by molar-refractivity contribution is 5.42. The van der Waals surface area contributed by atoms with Gasteiger partial charge in [-0.1, -0.05) is 6.07 Å². The van der Waals surface area contributed by atoms with E-state index in [-0.39, 0.29) is 12.1 Å². The maximum absolute atomic E-state index is 5.94. The molecule has 4 heteroatoms. The first-order chi connectivity index (χ1) is 8.70. The highest BCUT2D eigenvalue weighted by atomic mass is 16.5. The third-order valence-corrected chi connectivity index (χ3v) is 3.16. The Kier molecular flexibility index (Phi) is 4.44. The summed E-state index contributed by atoms with van der Waals surface area (Å²) in [7, 11) is 1.64. The molecule has 1 heterocycles. The van der Waals surface area contributed by atoms with E-state index in [1.54, 1.807) is 7.11 Å². The summed E-state index contributed by atoms with van der Waals surface area (Å²) in [5.74, 6) is 1.57. The van der Waals surface area contributed by atoms with Gasteiger partial charge in [-0.25, -0.2) is 0 Å². The summed E-state index contributed by atoms with van der Waals surface area (Å²) in [6, 6.07) is 5.68. The monoisotopic (exact) mass is 251 g/mol. The van der Waals surface area contributed by atoms with Crippen LogP contribution in [0.2, 0.25) is 0 Å². The van der Waals surface area contributed by atoms with Crippen molar-refractivity contribution >= 4 is 0 Å². The fourth-order valence-electron chi connectivity index (χ4n) is 2.10. The van der Waals surface area contributed by atoms with E-state index in [1.165, 1.54) is 0 Å². The molecule has 0 radical (unpaired) electrons. The standard InChI is InChI=1S/C14H21NO3/c1-10(15)13-6-5-11(16-2)8-14(13)18-9-12-4-3-7-17-12/h5-6,8,10,12H,3-4,7,9,15H2,1-2H3. The molecule has 2 unspecified atom stereocenters. The predicted octanol–water partition coefficient (Wildman–Crippen LogP) is 2.27. The smallest absolute Gasteiger partial charge is 0.127 e. The molecule has 1 aliphatic rings. The second-order valence-electron chi connectivity index (χ2n) is 4.64. The van der Waals surface area contributed by atoms with Gasteiger partial charge < -0.3 is 19.9 Å². The van der Waals surface area contributed by atoms with Crippen LogP contribution in [0.25, 0.3) is 0 Å². The Morgan fingerprint density at radius 1 is 1.50 bits per heavy atom. The summed E-state index contributed by atoms with van der Waals surface area (Å²) in [5, 5.41) is 0. The quantitative estimate of drug-likeness (QED) is 0.872. The van der Waals surface area contributed by atoms with E-state index < -0.39 is 0 Å². The van der Waals surface area contributed by atoms with Gasteiger partial charge in [0.05, 0.1) is 13.2 Å². The molecule has 100 valence electrons. The highest BCUT2D eigenvalue weighted by Gasteiger charge is 2.17. The van der Waals surface area contributed by atoms with Gasteiger partial charge in [-0.15, -0.1) is 0 Å². The lowest BCUT2D eigenvalue weighted by Crippen LogP contribution is -2.18. The molecule has 2 N–H and O–H groups in total. The van der Waals surface area contributed by atoms with E-state index in [2.05, 4.69) is 0 Å². The molecule has 1 aromatic rings. The Balaban J connectivity index is 2.07. The molecular formula is C14H21NO3. The van der Waals surface area contributed by atoms with Crippen molar-refractivity contribution in [2.45, 2.75) is 31.9 Å². The zero-order chi connectivity index (χ0) is 13.0. The molecule has 1 aliphatic heterocycles. The number of hydrogen-bond donors (Lipinski definition) is 1. The van der Waals surface area contributed by atoms with Crippen LogP contribution in [0.15, 0.2) is 18.2 Å². The van der Waals surface area contributed by atoms with Crippen molar-refractivity contribution in [3.05, 3.63) is 23.8 Å². The van der Waals surface area contributed by atoms with Crippen LogP contribution in [0, 0.1) is 0 Å². The van der Waals surface area contributed by atoms with Gasteiger partial charge in [0.2, 0.25) is 0 Å². The van der Waals surface area contributed by atoms with Crippen LogP contribution < -0.4 is 15.2 Å². The van der Waals surface area contributed by atoms with Crippen molar-refractivity contribution in [2.75, 3.05) is 20.3 Å². The van der Waals surface area contributed by atoms with E-state index in [0.29, 0.717) is 6.61 Å². The first-order valence-corrected chi connectivity index (χ1v) is 6.38. The van der Waals surface area contributed by atoms with Gasteiger partial charge >= 0.3 is 0 Å². The van der Waals surface area contributed by atoms with Crippen LogP contribution in [0.4, 0.5) is 0 Å². The molecule has 4 nitrogen and oxygen atoms in total. The molecular weight excluding hydrogens is 230 g/mol. The Labute approximate surface area is 108 Å². The van der Waals surface area contributed by atoms with Gasteiger partial charge in [-0.2, -0.15) is 0 Å². The predicted molar refractivity (Wildman–Crippen MR) is 70.1 cm³/mol. The van der Waals surface area contributed by atoms with E-state index in [9.17, 15) is 0 Å². The number of methoxy groups -OCH3 is 1. The Bertz CT molecular complexity index is 387. The van der Waals surface area contributed by atoms with Crippen LogP contribution in [-0.4, -0.2) is 26.4 Å². The van der Waals surface area contributed by atoms with Crippen molar-refractivity contribution < 1.29 is 14.2 Å². The number of ether oxygens (including phenoxy) is 3. The van der Waals surface area contributed by atoms with Crippen molar-refractivity contribution in [3.8, 4) is 11.5 Å². The molecule has 0 bridgehead atoms. The lowest BCUT2D eigenvalue weighted by Gasteiger charge is -2.17. The second kappa shape index (κ2) is 6.07. The minimum Gasteiger partial charge on any atom is -0.497 e. The van der Waals surface area contributed by atoms with Gasteiger partial charge in [-0.3, -0.25) is 0 Å². The van der Waals surface area contributed by atoms with Crippen LogP contribution in [-0.2, 0) is 4.74 Å². The SMILES string of the molecule is COc1ccc(C(C)N)c(OCC2CCCO2)c1. The maximum atomic E-state index is 5.94. The average molecular weight is 251 g/mol. The normalized spacial score (nSPS) is 20.7. The van der Waals surface area contributed by atoms with Crippen molar-refractivity contribution in [1.82, 2.24) is 0 Å². The average Bonchev–Trinajstić information content (AvgIpc) is 2.88. The summed E-state index contributed by atoms with van der Waals surface area (Å²) in [6.07, 6.45) is 2.39. The molecule has 18 heavy (non-hydrogen) atoms. The van der Waals surface area contributed by atoms with Gasteiger partial charge in [0.25, 0.3) is 0 Å². The number of benzene rings is 1. The molecule has 0 saturated carbocycles. The Hall–Kier alpha value is -1.26. The largest absolute Gasteiger partial charge is 0.497 e. The summed E-state index contributed by atoms with van der Waals surface area (Å²) in [4.78, 5) is 0. The Morgan fingerprint density at radius 2 is 2.33 bits per heavy atom. The number of hydrogen-bond acceptors (Lipinski definition) is 4. The highest BCUT2D eigenvalue weighted by Crippen LogP contribution is 2.29. The minimum absolute atomic E-state index is 0.0598. The fourth-order valence-corrected chi connectivity index (χ4v) is 2.10. The van der Waals surface area contributed by atoms with Crippen LogP contribution in [0.3, 0.4) is 0 Å². The molecule has 1 saturated heterocycles. The van der Waals surface area contributed by atoms with Crippen molar-refractivity contribution in [3.63, 3.8) is 0 Å². The van der Waals surface area contributed by atoms with Gasteiger partial charge in [-0.05, 0) is 25.8 Å². The molecule has 0 spiro atoms. The van der Waals surface area contributed by atoms with Gasteiger partial charge in [0.15, 0.2) is 0 Å². The van der Waals surface area contributed by atoms with Crippen molar-refractivity contribution in [2.24, 2.45) is 5.73 Å². The molecule has 0 aliphatic carbocycles. The maximum Gasteiger partial charge on any atom is 0.127 e. The van der Waals surface area contributed by atoms with Crippen molar-refractivity contribution in [1.29, 1.82) is 0 Å². The summed E-state index contributed by atoms with van der Waals surface area (Å²) >= 11 is 0. The molecule has 1 aromatic carbocycles. The van der Waals surface area contributed by atoms with E-state index in [0.717, 1.165) is 36.5 Å². The van der Waals surface area contributed by atoms with Gasteiger partial charge in [0.1, 0.15) is 18.1 Å². The van der Waals surface area contributed by atoms with Crippen LogP contribution in [0.5, 0.6) is 11.5 Å². The lowest BCUT2D eigenvalue weighted by molar-refractivity contribution is 0.0674. The molecule has 0 amide bonds. The molecule has 2 atom stereocenters. The van der Waals surface area contributed by atoms with Crippen LogP contribution in [0.1, 0.15) is 31.4 Å². The first-order valence-electron chi connectivity index (χ1n) is 6.38. The summed E-state index contributed by atoms with van der Waals surface area (Å²) < 4.78 is 16.6.